The molecular weight excluding hydrogens is 158 g/mol. The third-order valence-electron chi connectivity index (χ3n) is 1.76. The highest BCUT2D eigenvalue weighted by Crippen LogP contribution is 2.43. The van der Waals surface area contributed by atoms with Crippen LogP contribution in [0.1, 0.15) is 0 Å². The molecular formula is C8H10P2. The highest BCUT2D eigenvalue weighted by atomic mass is 31.8. The first kappa shape index (κ1) is 6.65. The molecule has 1 atom stereocenters. The molecule has 2 rings (SSSR count). The van der Waals surface area contributed by atoms with Crippen molar-refractivity contribution in [1.29, 1.82) is 0 Å². The lowest BCUT2D eigenvalue weighted by atomic mass is 10.4. The third-order valence-corrected chi connectivity index (χ3v) is 7.99. The SMILES string of the molecule is c1ccc([PH]2=PCC2)cc1. The molecule has 0 aliphatic carbocycles. The predicted octanol–water partition coefficient (Wildman–Crippen LogP) is 2.40. The van der Waals surface area contributed by atoms with E-state index in [1.54, 1.807) is 13.2 Å². The number of hydrogen-bond acceptors (Lipinski definition) is 0. The van der Waals surface area contributed by atoms with E-state index in [2.05, 4.69) is 30.3 Å². The maximum atomic E-state index is 2.28. The zero-order chi connectivity index (χ0) is 6.81. The van der Waals surface area contributed by atoms with Gasteiger partial charge >= 0.3 is 0 Å². The van der Waals surface area contributed by atoms with Gasteiger partial charge in [0.25, 0.3) is 0 Å². The molecule has 1 aliphatic rings. The Labute approximate surface area is 63.7 Å². The van der Waals surface area contributed by atoms with E-state index in [1.165, 1.54) is 12.3 Å². The summed E-state index contributed by atoms with van der Waals surface area (Å²) >= 11 is 0. The fourth-order valence-corrected chi connectivity index (χ4v) is 4.92. The van der Waals surface area contributed by atoms with Gasteiger partial charge in [-0.1, -0.05) is 37.5 Å². The first-order valence-electron chi connectivity index (χ1n) is 3.55. The first-order chi connectivity index (χ1) is 4.97. The van der Waals surface area contributed by atoms with Crippen molar-refractivity contribution in [1.82, 2.24) is 0 Å². The van der Waals surface area contributed by atoms with Gasteiger partial charge in [0, 0.05) is 0 Å². The Morgan fingerprint density at radius 3 is 2.40 bits per heavy atom. The van der Waals surface area contributed by atoms with Gasteiger partial charge in [-0.25, -0.2) is 0 Å². The number of hydrogen-bond donors (Lipinski definition) is 0. The minimum atomic E-state index is -0.0538. The van der Waals surface area contributed by atoms with Crippen molar-refractivity contribution in [3.63, 3.8) is 0 Å². The van der Waals surface area contributed by atoms with E-state index in [-0.39, 0.29) is 7.21 Å². The van der Waals surface area contributed by atoms with Crippen molar-refractivity contribution in [2.45, 2.75) is 0 Å². The van der Waals surface area contributed by atoms with Gasteiger partial charge in [-0.15, -0.1) is 7.87 Å². The normalized spacial score (nSPS) is 24.6. The second-order valence-electron chi connectivity index (χ2n) is 2.44. The van der Waals surface area contributed by atoms with Gasteiger partial charge in [-0.05, 0) is 17.6 Å². The Kier molecular flexibility index (Phi) is 1.93. The molecule has 0 amide bonds. The van der Waals surface area contributed by atoms with Gasteiger partial charge in [0.2, 0.25) is 0 Å². The molecule has 2 heteroatoms. The molecule has 0 nitrogen and oxygen atoms in total. The van der Waals surface area contributed by atoms with E-state index in [1.807, 2.05) is 0 Å². The van der Waals surface area contributed by atoms with Crippen LogP contribution < -0.4 is 5.30 Å². The van der Waals surface area contributed by atoms with E-state index in [0.29, 0.717) is 0 Å². The van der Waals surface area contributed by atoms with Crippen molar-refractivity contribution >= 4 is 20.4 Å². The van der Waals surface area contributed by atoms with Crippen molar-refractivity contribution in [3.05, 3.63) is 30.3 Å². The lowest BCUT2D eigenvalue weighted by Crippen LogP contribution is -2.01. The maximum absolute atomic E-state index is 2.28. The van der Waals surface area contributed by atoms with Crippen LogP contribution in [0.5, 0.6) is 0 Å². The van der Waals surface area contributed by atoms with Crippen LogP contribution in [0, 0.1) is 0 Å². The maximum Gasteiger partial charge on any atom is -0.00644 e. The smallest absolute Gasteiger partial charge is 0.00644 e. The molecule has 52 valence electrons. The summed E-state index contributed by atoms with van der Waals surface area (Å²) in [7, 11) is 1.67. The molecule has 1 aromatic carbocycles. The second-order valence-corrected chi connectivity index (χ2v) is 7.75. The zero-order valence-electron chi connectivity index (χ0n) is 5.75. The molecule has 0 fully saturated rings. The molecule has 0 aromatic heterocycles. The van der Waals surface area contributed by atoms with Crippen LogP contribution in [0.4, 0.5) is 0 Å². The first-order valence-corrected chi connectivity index (χ1v) is 7.18. The molecule has 1 unspecified atom stereocenters. The lowest BCUT2D eigenvalue weighted by Gasteiger charge is -2.14. The average molecular weight is 168 g/mol. The van der Waals surface area contributed by atoms with Crippen LogP contribution >= 0.6 is 15.1 Å². The van der Waals surface area contributed by atoms with Crippen molar-refractivity contribution in [3.8, 4) is 0 Å². The predicted molar refractivity (Wildman–Crippen MR) is 51.0 cm³/mol. The monoisotopic (exact) mass is 168 g/mol. The summed E-state index contributed by atoms with van der Waals surface area (Å²) in [6.45, 7) is 0. The minimum Gasteiger partial charge on any atom is -0.107 e. The molecule has 1 aliphatic heterocycles. The molecule has 0 saturated heterocycles. The van der Waals surface area contributed by atoms with E-state index >= 15 is 0 Å². The highest BCUT2D eigenvalue weighted by Gasteiger charge is 2.05. The number of rotatable bonds is 1. The van der Waals surface area contributed by atoms with Crippen LogP contribution in [-0.4, -0.2) is 12.3 Å². The van der Waals surface area contributed by atoms with Crippen LogP contribution in [0.25, 0.3) is 0 Å². The van der Waals surface area contributed by atoms with Gasteiger partial charge in [0.05, 0.1) is 0 Å². The minimum absolute atomic E-state index is 0.0538. The quantitative estimate of drug-likeness (QED) is 0.565. The van der Waals surface area contributed by atoms with Gasteiger partial charge in [-0.2, -0.15) is 0 Å². The molecule has 1 aromatic rings. The molecule has 0 N–H and O–H groups in total. The molecule has 10 heavy (non-hydrogen) atoms. The van der Waals surface area contributed by atoms with E-state index in [9.17, 15) is 0 Å². The second kappa shape index (κ2) is 2.91. The molecule has 0 saturated carbocycles. The van der Waals surface area contributed by atoms with Crippen LogP contribution in [-0.2, 0) is 0 Å². The van der Waals surface area contributed by atoms with Gasteiger partial charge in [-0.3, -0.25) is 0 Å². The van der Waals surface area contributed by atoms with Crippen molar-refractivity contribution in [2.24, 2.45) is 0 Å². The Balaban J connectivity index is 2.34. The Morgan fingerprint density at radius 2 is 1.90 bits per heavy atom. The Hall–Kier alpha value is -0.0500. The molecule has 0 radical (unpaired) electrons. The van der Waals surface area contributed by atoms with Gasteiger partial charge in [0.15, 0.2) is 0 Å². The highest BCUT2D eigenvalue weighted by molar-refractivity contribution is 8.01. The summed E-state index contributed by atoms with van der Waals surface area (Å²) in [6, 6.07) is 11.0. The Morgan fingerprint density at radius 1 is 1.20 bits per heavy atom. The van der Waals surface area contributed by atoms with Crippen molar-refractivity contribution in [2.75, 3.05) is 12.3 Å². The standard InChI is InChI=1S/C8H10P2/c1-2-4-8(5-3-1)10-7-6-9-10/h1-5,10H,6-7H2. The Bertz CT molecular complexity index is 251. The summed E-state index contributed by atoms with van der Waals surface area (Å²) < 4.78 is 0. The third kappa shape index (κ3) is 1.19. The average Bonchev–Trinajstić information content (AvgIpc) is 1.86. The summed E-state index contributed by atoms with van der Waals surface area (Å²) in [5.74, 6) is 0. The molecule has 0 spiro atoms. The number of benzene rings is 1. The van der Waals surface area contributed by atoms with Gasteiger partial charge < -0.3 is 0 Å². The van der Waals surface area contributed by atoms with Gasteiger partial charge in [0.1, 0.15) is 0 Å². The summed E-state index contributed by atoms with van der Waals surface area (Å²) in [5.41, 5.74) is 0. The van der Waals surface area contributed by atoms with E-state index in [4.69, 9.17) is 0 Å². The fraction of sp³-hybridized carbons (Fsp3) is 0.250. The van der Waals surface area contributed by atoms with Crippen LogP contribution in [0.2, 0.25) is 0 Å². The van der Waals surface area contributed by atoms with E-state index in [0.717, 1.165) is 0 Å². The topological polar surface area (TPSA) is 0 Å². The molecule has 0 bridgehead atoms. The van der Waals surface area contributed by atoms with Crippen LogP contribution in [0.3, 0.4) is 0 Å². The fourth-order valence-electron chi connectivity index (χ4n) is 1.09. The summed E-state index contributed by atoms with van der Waals surface area (Å²) in [6.07, 6.45) is 2.94. The summed E-state index contributed by atoms with van der Waals surface area (Å²) in [4.78, 5) is 0. The van der Waals surface area contributed by atoms with Crippen LogP contribution in [0.15, 0.2) is 30.3 Å². The molecule has 1 heterocycles. The lowest BCUT2D eigenvalue weighted by molar-refractivity contribution is 1.52. The largest absolute Gasteiger partial charge is 0.107 e. The zero-order valence-corrected chi connectivity index (χ0v) is 7.64. The van der Waals surface area contributed by atoms with Crippen molar-refractivity contribution < 1.29 is 0 Å². The summed E-state index contributed by atoms with van der Waals surface area (Å²) in [5, 5.41) is 1.63. The van der Waals surface area contributed by atoms with E-state index < -0.39 is 0 Å².